The van der Waals surface area contributed by atoms with Gasteiger partial charge in [-0.05, 0) is 25.9 Å². The Kier molecular flexibility index (Phi) is 4.36. The molecule has 0 saturated carbocycles. The van der Waals surface area contributed by atoms with Gasteiger partial charge < -0.3 is 9.67 Å². The molecule has 100 valence electrons. The molecule has 5 heteroatoms. The Hall–Kier alpha value is -1.36. The maximum Gasteiger partial charge on any atom is 0.305 e. The van der Waals surface area contributed by atoms with Gasteiger partial charge in [0.25, 0.3) is 0 Å². The first-order chi connectivity index (χ1) is 8.68. The summed E-state index contributed by atoms with van der Waals surface area (Å²) in [5, 5.41) is 9.12. The molecule has 5 nitrogen and oxygen atoms in total. The van der Waals surface area contributed by atoms with Crippen LogP contribution in [-0.4, -0.2) is 38.6 Å². The number of hydrogen-bond donors (Lipinski definition) is 1. The van der Waals surface area contributed by atoms with Crippen LogP contribution in [0.4, 0.5) is 0 Å². The molecular weight excluding hydrogens is 230 g/mol. The van der Waals surface area contributed by atoms with Gasteiger partial charge in [0.05, 0.1) is 24.5 Å². The van der Waals surface area contributed by atoms with Gasteiger partial charge in [-0.2, -0.15) is 0 Å². The van der Waals surface area contributed by atoms with E-state index in [1.165, 1.54) is 12.8 Å². The van der Waals surface area contributed by atoms with E-state index < -0.39 is 5.97 Å². The van der Waals surface area contributed by atoms with Gasteiger partial charge in [0.15, 0.2) is 0 Å². The molecule has 0 bridgehead atoms. The van der Waals surface area contributed by atoms with E-state index in [1.54, 1.807) is 12.5 Å². The van der Waals surface area contributed by atoms with Gasteiger partial charge in [0.2, 0.25) is 0 Å². The lowest BCUT2D eigenvalue weighted by Gasteiger charge is -2.29. The summed E-state index contributed by atoms with van der Waals surface area (Å²) < 4.78 is 1.93. The fourth-order valence-corrected chi connectivity index (χ4v) is 2.68. The third kappa shape index (κ3) is 3.10. The van der Waals surface area contributed by atoms with Gasteiger partial charge in [-0.3, -0.25) is 9.69 Å². The van der Waals surface area contributed by atoms with Gasteiger partial charge in [-0.15, -0.1) is 0 Å². The number of nitrogens with zero attached hydrogens (tertiary/aromatic N) is 3. The second-order valence-electron chi connectivity index (χ2n) is 4.99. The first-order valence-corrected chi connectivity index (χ1v) is 6.60. The van der Waals surface area contributed by atoms with Crippen molar-refractivity contribution in [3.8, 4) is 0 Å². The summed E-state index contributed by atoms with van der Waals surface area (Å²) in [6.07, 6.45) is 8.51. The van der Waals surface area contributed by atoms with E-state index >= 15 is 0 Å². The molecule has 0 aromatic carbocycles. The van der Waals surface area contributed by atoms with Crippen LogP contribution in [0.1, 0.15) is 43.8 Å². The standard InChI is InChI=1S/C13H21N3O2/c1-15-10-14-9-12(15)11(8-13(17)18)16-6-4-2-3-5-7-16/h9-11H,2-8H2,1H3,(H,17,18). The molecule has 1 aliphatic heterocycles. The molecular formula is C13H21N3O2. The molecule has 1 aromatic heterocycles. The average molecular weight is 251 g/mol. The number of aliphatic carboxylic acids is 1. The molecule has 1 fully saturated rings. The van der Waals surface area contributed by atoms with Crippen molar-refractivity contribution in [2.45, 2.75) is 38.1 Å². The Labute approximate surface area is 107 Å². The molecule has 2 rings (SSSR count). The predicted octanol–water partition coefficient (Wildman–Crippen LogP) is 1.81. The van der Waals surface area contributed by atoms with Gasteiger partial charge >= 0.3 is 5.97 Å². The zero-order chi connectivity index (χ0) is 13.0. The largest absolute Gasteiger partial charge is 0.481 e. The number of aryl methyl sites for hydroxylation is 1. The lowest BCUT2D eigenvalue weighted by Crippen LogP contribution is -2.32. The highest BCUT2D eigenvalue weighted by atomic mass is 16.4. The van der Waals surface area contributed by atoms with Crippen molar-refractivity contribution in [2.24, 2.45) is 7.05 Å². The second-order valence-corrected chi connectivity index (χ2v) is 4.99. The van der Waals surface area contributed by atoms with Crippen LogP contribution in [0.25, 0.3) is 0 Å². The summed E-state index contributed by atoms with van der Waals surface area (Å²) in [7, 11) is 1.93. The summed E-state index contributed by atoms with van der Waals surface area (Å²) in [6.45, 7) is 1.98. The number of likely N-dealkylation sites (tertiary alicyclic amines) is 1. The number of imidazole rings is 1. The highest BCUT2D eigenvalue weighted by molar-refractivity contribution is 5.67. The zero-order valence-electron chi connectivity index (χ0n) is 10.9. The molecule has 1 aromatic rings. The predicted molar refractivity (Wildman–Crippen MR) is 68.2 cm³/mol. The Morgan fingerprint density at radius 3 is 2.56 bits per heavy atom. The number of carboxylic acid groups (broad SMARTS) is 1. The second kappa shape index (κ2) is 6.00. The van der Waals surface area contributed by atoms with E-state index in [0.29, 0.717) is 0 Å². The lowest BCUT2D eigenvalue weighted by atomic mass is 10.1. The first-order valence-electron chi connectivity index (χ1n) is 6.60. The minimum absolute atomic E-state index is 0.0481. The van der Waals surface area contributed by atoms with Crippen molar-refractivity contribution in [3.05, 3.63) is 18.2 Å². The molecule has 0 amide bonds. The molecule has 1 aliphatic rings. The van der Waals surface area contributed by atoms with Crippen LogP contribution < -0.4 is 0 Å². The summed E-state index contributed by atoms with van der Waals surface area (Å²) in [4.78, 5) is 17.5. The molecule has 0 spiro atoms. The van der Waals surface area contributed by atoms with E-state index in [2.05, 4.69) is 9.88 Å². The molecule has 2 heterocycles. The monoisotopic (exact) mass is 251 g/mol. The minimum Gasteiger partial charge on any atom is -0.481 e. The minimum atomic E-state index is -0.745. The molecule has 18 heavy (non-hydrogen) atoms. The number of carbonyl (C=O) groups is 1. The number of rotatable bonds is 4. The van der Waals surface area contributed by atoms with Gasteiger partial charge in [-0.1, -0.05) is 12.8 Å². The normalized spacial score (nSPS) is 19.4. The van der Waals surface area contributed by atoms with Crippen molar-refractivity contribution >= 4 is 5.97 Å². The van der Waals surface area contributed by atoms with Gasteiger partial charge in [0.1, 0.15) is 0 Å². The summed E-state index contributed by atoms with van der Waals surface area (Å²) >= 11 is 0. The van der Waals surface area contributed by atoms with Crippen LogP contribution in [-0.2, 0) is 11.8 Å². The number of aromatic nitrogens is 2. The summed E-state index contributed by atoms with van der Waals surface area (Å²) in [5.74, 6) is -0.745. The maximum atomic E-state index is 11.1. The number of hydrogen-bond acceptors (Lipinski definition) is 3. The highest BCUT2D eigenvalue weighted by Gasteiger charge is 2.25. The van der Waals surface area contributed by atoms with Crippen LogP contribution >= 0.6 is 0 Å². The molecule has 0 radical (unpaired) electrons. The lowest BCUT2D eigenvalue weighted by molar-refractivity contribution is -0.138. The maximum absolute atomic E-state index is 11.1. The topological polar surface area (TPSA) is 58.4 Å². The van der Waals surface area contributed by atoms with E-state index in [-0.39, 0.29) is 12.5 Å². The van der Waals surface area contributed by atoms with E-state index in [0.717, 1.165) is 31.6 Å². The molecule has 1 N–H and O–H groups in total. The van der Waals surface area contributed by atoms with E-state index in [4.69, 9.17) is 5.11 Å². The van der Waals surface area contributed by atoms with Gasteiger partial charge in [-0.25, -0.2) is 4.98 Å². The quantitative estimate of drug-likeness (QED) is 0.886. The van der Waals surface area contributed by atoms with Crippen molar-refractivity contribution in [2.75, 3.05) is 13.1 Å². The SMILES string of the molecule is Cn1cncc1C(CC(=O)O)N1CCCCCC1. The zero-order valence-corrected chi connectivity index (χ0v) is 10.9. The summed E-state index contributed by atoms with van der Waals surface area (Å²) in [5.41, 5.74) is 0.999. The van der Waals surface area contributed by atoms with Crippen LogP contribution in [0, 0.1) is 0 Å². The van der Waals surface area contributed by atoms with E-state index in [9.17, 15) is 4.79 Å². The Bertz CT molecular complexity index is 395. The van der Waals surface area contributed by atoms with Crippen molar-refractivity contribution < 1.29 is 9.90 Å². The van der Waals surface area contributed by atoms with Crippen molar-refractivity contribution in [1.82, 2.24) is 14.5 Å². The van der Waals surface area contributed by atoms with Crippen molar-refractivity contribution in [3.63, 3.8) is 0 Å². The molecule has 1 unspecified atom stereocenters. The third-order valence-corrected chi connectivity index (χ3v) is 3.64. The highest BCUT2D eigenvalue weighted by Crippen LogP contribution is 2.26. The van der Waals surface area contributed by atoms with Crippen LogP contribution in [0.15, 0.2) is 12.5 Å². The average Bonchev–Trinajstić information content (AvgIpc) is 2.60. The van der Waals surface area contributed by atoms with Gasteiger partial charge in [0, 0.05) is 13.2 Å². The van der Waals surface area contributed by atoms with E-state index in [1.807, 2.05) is 11.6 Å². The third-order valence-electron chi connectivity index (χ3n) is 3.64. The smallest absolute Gasteiger partial charge is 0.305 e. The molecule has 1 atom stereocenters. The van der Waals surface area contributed by atoms with Crippen LogP contribution in [0.2, 0.25) is 0 Å². The van der Waals surface area contributed by atoms with Crippen LogP contribution in [0.5, 0.6) is 0 Å². The first kappa shape index (κ1) is 13.1. The molecule has 1 saturated heterocycles. The summed E-state index contributed by atoms with van der Waals surface area (Å²) in [6, 6.07) is -0.0481. The van der Waals surface area contributed by atoms with Crippen LogP contribution in [0.3, 0.4) is 0 Å². The Morgan fingerprint density at radius 2 is 2.06 bits per heavy atom. The number of carboxylic acids is 1. The van der Waals surface area contributed by atoms with Crippen molar-refractivity contribution in [1.29, 1.82) is 0 Å². The Balaban J connectivity index is 2.18. The molecule has 0 aliphatic carbocycles. The fraction of sp³-hybridized carbons (Fsp3) is 0.692. The Morgan fingerprint density at radius 1 is 1.39 bits per heavy atom. The fourth-order valence-electron chi connectivity index (χ4n) is 2.68.